The predicted molar refractivity (Wildman–Crippen MR) is 24.3 cm³/mol. The summed E-state index contributed by atoms with van der Waals surface area (Å²) in [5, 5.41) is 2.53. The zero-order valence-electron chi connectivity index (χ0n) is 5.59. The molecule has 3 nitrogen and oxygen atoms in total. The minimum Gasteiger partial charge on any atom is -0.326 e. The maximum absolute atomic E-state index is 9.48. The summed E-state index contributed by atoms with van der Waals surface area (Å²) in [6.07, 6.45) is 0. The van der Waals surface area contributed by atoms with Gasteiger partial charge in [0.25, 0.3) is 0 Å². The second-order valence-corrected chi connectivity index (χ2v) is 1.16. The van der Waals surface area contributed by atoms with Gasteiger partial charge in [-0.2, -0.15) is 4.91 Å². The Hall–Kier alpha value is -0.440. The highest BCUT2D eigenvalue weighted by atomic mass is 16.3. The fraction of sp³-hybridized carbons (Fsp3) is 1.00. The molecule has 0 aromatic carbocycles. The Kier molecular flexibility index (Phi) is 1.24. The molecule has 0 bridgehead atoms. The molecule has 0 rings (SSSR count). The lowest BCUT2D eigenvalue weighted by molar-refractivity contribution is 0.750. The largest absolute Gasteiger partial charge is 0.326 e. The Morgan fingerprint density at radius 2 is 3.00 bits per heavy atom. The molecule has 0 aliphatic carbocycles. The Bertz CT molecular complexity index is 77.7. The van der Waals surface area contributed by atoms with Gasteiger partial charge < -0.3 is 5.72 Å². The maximum Gasteiger partial charge on any atom is 0.119 e. The molecule has 0 aromatic rings. The van der Waals surface area contributed by atoms with Gasteiger partial charge in [0.1, 0.15) is 2.82 Å². The zero-order chi connectivity index (χ0) is 6.57. The molecule has 0 aromatic heterocycles. The van der Waals surface area contributed by atoms with Crippen LogP contribution in [0.3, 0.4) is 0 Å². The van der Waals surface area contributed by atoms with Gasteiger partial charge in [-0.15, -0.1) is 0 Å². The minimum atomic E-state index is -0.396. The molecule has 0 heterocycles. The molecule has 0 aliphatic heterocycles. The van der Waals surface area contributed by atoms with Gasteiger partial charge in [0.15, 0.2) is 0 Å². The van der Waals surface area contributed by atoms with E-state index < -0.39 is 6.04 Å². The summed E-state index contributed by atoms with van der Waals surface area (Å²) in [5.41, 5.74) is 0.460. The molecule has 1 atom stereocenters. The molecule has 0 radical (unpaired) electrons. The molecule has 0 spiro atoms. The maximum atomic E-state index is 9.48. The standard InChI is InChI=1S/C3H8N2O/c1-3(4)2-5-6/h3H,2,4H2,1H3/i/hD2. The van der Waals surface area contributed by atoms with Gasteiger partial charge >= 0.3 is 0 Å². The fourth-order valence-corrected chi connectivity index (χ4v) is 0.108. The molecule has 36 valence electrons. The van der Waals surface area contributed by atoms with Crippen LogP contribution < -0.4 is 5.72 Å². The van der Waals surface area contributed by atoms with Gasteiger partial charge in [-0.3, -0.25) is 0 Å². The number of hydrogen-bond acceptors (Lipinski definition) is 3. The molecule has 0 fully saturated rings. The van der Waals surface area contributed by atoms with E-state index in [9.17, 15) is 4.91 Å². The summed E-state index contributed by atoms with van der Waals surface area (Å²) < 4.78 is 13.2. The van der Waals surface area contributed by atoms with Crippen molar-refractivity contribution in [2.75, 3.05) is 6.54 Å². The summed E-state index contributed by atoms with van der Waals surface area (Å²) >= 11 is 0. The van der Waals surface area contributed by atoms with Gasteiger partial charge in [-0.1, -0.05) is 5.18 Å². The lowest BCUT2D eigenvalue weighted by Crippen LogP contribution is -2.17. The van der Waals surface area contributed by atoms with Crippen LogP contribution in [0, 0.1) is 4.91 Å². The first kappa shape index (κ1) is 2.69. The monoisotopic (exact) mass is 90.1 g/mol. The number of rotatable bonds is 3. The van der Waals surface area contributed by atoms with Gasteiger partial charge in [0, 0.05) is 6.04 Å². The van der Waals surface area contributed by atoms with Crippen LogP contribution in [0.15, 0.2) is 5.18 Å². The van der Waals surface area contributed by atoms with E-state index in [-0.39, 0.29) is 6.54 Å². The average Bonchev–Trinajstić information content (AvgIpc) is 1.67. The van der Waals surface area contributed by atoms with Crippen molar-refractivity contribution in [3.05, 3.63) is 4.91 Å². The lowest BCUT2D eigenvalue weighted by atomic mass is 10.4. The number of nitrogens with zero attached hydrogens (tertiary/aromatic N) is 1. The van der Waals surface area contributed by atoms with Crippen LogP contribution in [-0.4, -0.2) is 12.6 Å². The smallest absolute Gasteiger partial charge is 0.119 e. The number of hydrogen-bond donors (Lipinski definition) is 1. The Morgan fingerprint density at radius 1 is 2.33 bits per heavy atom. The normalized spacial score (nSPS) is 19.0. The molecule has 0 saturated carbocycles. The van der Waals surface area contributed by atoms with Crippen LogP contribution in [0.4, 0.5) is 0 Å². The van der Waals surface area contributed by atoms with E-state index in [1.165, 1.54) is 0 Å². The van der Waals surface area contributed by atoms with Crippen LogP contribution in [0.5, 0.6) is 0 Å². The van der Waals surface area contributed by atoms with Crippen molar-refractivity contribution in [1.82, 2.24) is 0 Å². The van der Waals surface area contributed by atoms with E-state index >= 15 is 0 Å². The topological polar surface area (TPSA) is 55.4 Å². The molecular formula is C3H8N2O. The molecule has 2 N–H and O–H groups in total. The highest BCUT2D eigenvalue weighted by Crippen LogP contribution is 1.71. The second kappa shape index (κ2) is 2.78. The van der Waals surface area contributed by atoms with Crippen molar-refractivity contribution in [2.24, 2.45) is 10.9 Å². The molecule has 0 aliphatic rings. The van der Waals surface area contributed by atoms with E-state index in [0.29, 0.717) is 5.72 Å². The van der Waals surface area contributed by atoms with Gasteiger partial charge in [0.05, 0.1) is 6.54 Å². The Labute approximate surface area is 39.4 Å². The van der Waals surface area contributed by atoms with E-state index in [1.54, 1.807) is 6.92 Å². The molecule has 1 unspecified atom stereocenters. The predicted octanol–water partition coefficient (Wildman–Crippen LogP) is 0.1000. The van der Waals surface area contributed by atoms with Crippen molar-refractivity contribution < 1.29 is 2.82 Å². The summed E-state index contributed by atoms with van der Waals surface area (Å²) in [4.78, 5) is 9.48. The first-order chi connectivity index (χ1) is 3.68. The highest BCUT2D eigenvalue weighted by Gasteiger charge is 1.86. The van der Waals surface area contributed by atoms with Gasteiger partial charge in [-0.25, -0.2) is 0 Å². The SMILES string of the molecule is [2H]N([2H])C(C)CN=O. The third-order valence-electron chi connectivity index (χ3n) is 0.339. The van der Waals surface area contributed by atoms with Crippen molar-refractivity contribution in [3.63, 3.8) is 0 Å². The van der Waals surface area contributed by atoms with Crippen LogP contribution >= 0.6 is 0 Å². The zero-order valence-corrected chi connectivity index (χ0v) is 3.59. The summed E-state index contributed by atoms with van der Waals surface area (Å²) in [6.45, 7) is 1.59. The lowest BCUT2D eigenvalue weighted by Gasteiger charge is -1.90. The van der Waals surface area contributed by atoms with Crippen LogP contribution in [0.25, 0.3) is 0 Å². The average molecular weight is 90.1 g/mol. The third kappa shape index (κ3) is 3.56. The van der Waals surface area contributed by atoms with Crippen LogP contribution in [0.2, 0.25) is 2.82 Å². The Balaban J connectivity index is 3.30. The molecule has 3 heteroatoms. The van der Waals surface area contributed by atoms with Crippen molar-refractivity contribution in [2.45, 2.75) is 13.0 Å². The third-order valence-corrected chi connectivity index (χ3v) is 0.339. The van der Waals surface area contributed by atoms with Gasteiger partial charge in [0.2, 0.25) is 0 Å². The van der Waals surface area contributed by atoms with Crippen LogP contribution in [0.1, 0.15) is 6.92 Å². The summed E-state index contributed by atoms with van der Waals surface area (Å²) in [7, 11) is 0. The van der Waals surface area contributed by atoms with E-state index in [1.807, 2.05) is 0 Å². The summed E-state index contributed by atoms with van der Waals surface area (Å²) in [6, 6.07) is -0.396. The Morgan fingerprint density at radius 3 is 3.17 bits per heavy atom. The number of nitrogens with two attached hydrogens (primary N) is 1. The molecule has 0 saturated heterocycles. The van der Waals surface area contributed by atoms with Gasteiger partial charge in [-0.05, 0) is 6.92 Å². The van der Waals surface area contributed by atoms with E-state index in [4.69, 9.17) is 2.82 Å². The van der Waals surface area contributed by atoms with Crippen molar-refractivity contribution in [3.8, 4) is 0 Å². The fourth-order valence-electron chi connectivity index (χ4n) is 0.108. The minimum absolute atomic E-state index is 0.00694. The van der Waals surface area contributed by atoms with E-state index in [2.05, 4.69) is 5.18 Å². The van der Waals surface area contributed by atoms with Crippen molar-refractivity contribution in [1.29, 1.82) is 0 Å². The summed E-state index contributed by atoms with van der Waals surface area (Å²) in [5.74, 6) is 0. The van der Waals surface area contributed by atoms with Crippen LogP contribution in [-0.2, 0) is 0 Å². The highest BCUT2D eigenvalue weighted by molar-refractivity contribution is 4.53. The van der Waals surface area contributed by atoms with Crippen molar-refractivity contribution >= 4 is 0 Å². The first-order valence-corrected chi connectivity index (χ1v) is 1.74. The molecular weight excluding hydrogens is 80.0 g/mol. The number of nitroso groups, excluding NO2 is 1. The quantitative estimate of drug-likeness (QED) is 0.499. The second-order valence-electron chi connectivity index (χ2n) is 1.16. The molecule has 6 heavy (non-hydrogen) atoms. The first-order valence-electron chi connectivity index (χ1n) is 2.64. The molecule has 0 amide bonds. The van der Waals surface area contributed by atoms with E-state index in [0.717, 1.165) is 0 Å².